The van der Waals surface area contributed by atoms with Gasteiger partial charge in [0.15, 0.2) is 11.5 Å². The molecule has 1 aromatic carbocycles. The molecule has 0 atom stereocenters. The van der Waals surface area contributed by atoms with Crippen LogP contribution in [0.3, 0.4) is 0 Å². The van der Waals surface area contributed by atoms with Crippen molar-refractivity contribution in [1.82, 2.24) is 9.78 Å². The van der Waals surface area contributed by atoms with Crippen LogP contribution in [0.4, 0.5) is 0 Å². The first kappa shape index (κ1) is 15.7. The van der Waals surface area contributed by atoms with E-state index in [9.17, 15) is 0 Å². The van der Waals surface area contributed by atoms with Gasteiger partial charge in [0.25, 0.3) is 0 Å². The van der Waals surface area contributed by atoms with Gasteiger partial charge in [-0.2, -0.15) is 5.10 Å². The molecule has 0 aliphatic heterocycles. The van der Waals surface area contributed by atoms with Gasteiger partial charge in [-0.15, -0.1) is 0 Å². The Morgan fingerprint density at radius 2 is 2.10 bits per heavy atom. The molecule has 0 saturated carbocycles. The summed E-state index contributed by atoms with van der Waals surface area (Å²) < 4.78 is 13.1. The number of aryl methyl sites for hydroxylation is 2. The third kappa shape index (κ3) is 3.49. The highest BCUT2D eigenvalue weighted by Crippen LogP contribution is 2.35. The van der Waals surface area contributed by atoms with Crippen molar-refractivity contribution in [3.8, 4) is 11.5 Å². The van der Waals surface area contributed by atoms with E-state index in [0.717, 1.165) is 23.4 Å². The highest BCUT2D eigenvalue weighted by atomic mass is 35.5. The van der Waals surface area contributed by atoms with E-state index in [1.165, 1.54) is 0 Å². The second-order valence-corrected chi connectivity index (χ2v) is 5.13. The molecule has 0 amide bonds. The molecule has 21 heavy (non-hydrogen) atoms. The number of hydrogen-bond donors (Lipinski definition) is 1. The van der Waals surface area contributed by atoms with E-state index in [0.29, 0.717) is 29.7 Å². The summed E-state index contributed by atoms with van der Waals surface area (Å²) >= 11 is 6.04. The second-order valence-electron chi connectivity index (χ2n) is 4.69. The lowest BCUT2D eigenvalue weighted by molar-refractivity contribution is 0.273. The van der Waals surface area contributed by atoms with Crippen molar-refractivity contribution in [2.75, 3.05) is 7.11 Å². The Morgan fingerprint density at radius 1 is 1.33 bits per heavy atom. The van der Waals surface area contributed by atoms with Crippen molar-refractivity contribution in [2.24, 2.45) is 12.8 Å². The standard InChI is InChI=1S/C15H20ClN3O2/c1-4-12-7-13(19(2)18-12)9-21-15-10(8-17)5-11(16)6-14(15)20-3/h5-7H,4,8-9,17H2,1-3H3. The van der Waals surface area contributed by atoms with E-state index in [4.69, 9.17) is 26.8 Å². The Hall–Kier alpha value is -1.72. The van der Waals surface area contributed by atoms with E-state index < -0.39 is 0 Å². The summed E-state index contributed by atoms with van der Waals surface area (Å²) in [5.41, 5.74) is 8.61. The van der Waals surface area contributed by atoms with E-state index in [1.54, 1.807) is 19.2 Å². The number of nitrogens with two attached hydrogens (primary N) is 1. The molecular weight excluding hydrogens is 290 g/mol. The Labute approximate surface area is 129 Å². The lowest BCUT2D eigenvalue weighted by Gasteiger charge is -2.15. The van der Waals surface area contributed by atoms with Gasteiger partial charge < -0.3 is 15.2 Å². The highest BCUT2D eigenvalue weighted by molar-refractivity contribution is 6.30. The molecule has 2 N–H and O–H groups in total. The molecule has 2 rings (SSSR count). The van der Waals surface area contributed by atoms with Crippen molar-refractivity contribution < 1.29 is 9.47 Å². The predicted octanol–water partition coefficient (Wildman–Crippen LogP) is 2.68. The zero-order chi connectivity index (χ0) is 15.4. The van der Waals surface area contributed by atoms with E-state index in [-0.39, 0.29) is 0 Å². The highest BCUT2D eigenvalue weighted by Gasteiger charge is 2.13. The molecule has 114 valence electrons. The van der Waals surface area contributed by atoms with Crippen molar-refractivity contribution >= 4 is 11.6 Å². The van der Waals surface area contributed by atoms with Gasteiger partial charge in [0, 0.05) is 30.2 Å². The zero-order valence-electron chi connectivity index (χ0n) is 12.5. The van der Waals surface area contributed by atoms with Crippen LogP contribution in [0.1, 0.15) is 23.9 Å². The fourth-order valence-corrected chi connectivity index (χ4v) is 2.35. The van der Waals surface area contributed by atoms with Gasteiger partial charge in [0.05, 0.1) is 18.5 Å². The number of benzene rings is 1. The Kier molecular flexibility index (Phi) is 5.09. The van der Waals surface area contributed by atoms with Crippen LogP contribution in [0.5, 0.6) is 11.5 Å². The van der Waals surface area contributed by atoms with E-state index in [1.807, 2.05) is 17.8 Å². The minimum absolute atomic E-state index is 0.331. The molecule has 0 unspecified atom stereocenters. The number of aromatic nitrogens is 2. The monoisotopic (exact) mass is 309 g/mol. The molecular formula is C15H20ClN3O2. The third-order valence-electron chi connectivity index (χ3n) is 3.29. The van der Waals surface area contributed by atoms with E-state index in [2.05, 4.69) is 12.0 Å². The van der Waals surface area contributed by atoms with Gasteiger partial charge in [-0.3, -0.25) is 4.68 Å². The largest absolute Gasteiger partial charge is 0.493 e. The SMILES string of the molecule is CCc1cc(COc2c(CN)cc(Cl)cc2OC)n(C)n1. The van der Waals surface area contributed by atoms with Gasteiger partial charge in [-0.1, -0.05) is 18.5 Å². The summed E-state index contributed by atoms with van der Waals surface area (Å²) in [4.78, 5) is 0. The molecule has 1 aromatic heterocycles. The van der Waals surface area contributed by atoms with Crippen LogP contribution in [0.25, 0.3) is 0 Å². The first-order valence-corrected chi connectivity index (χ1v) is 7.17. The summed E-state index contributed by atoms with van der Waals surface area (Å²) in [6.45, 7) is 2.80. The number of halogens is 1. The summed E-state index contributed by atoms with van der Waals surface area (Å²) in [5, 5.41) is 4.98. The van der Waals surface area contributed by atoms with E-state index >= 15 is 0 Å². The Balaban J connectivity index is 2.24. The number of rotatable bonds is 6. The molecule has 2 aromatic rings. The second kappa shape index (κ2) is 6.83. The fourth-order valence-electron chi connectivity index (χ4n) is 2.12. The normalized spacial score (nSPS) is 10.7. The van der Waals surface area contributed by atoms with Crippen molar-refractivity contribution in [1.29, 1.82) is 0 Å². The third-order valence-corrected chi connectivity index (χ3v) is 3.51. The van der Waals surface area contributed by atoms with Crippen LogP contribution in [-0.4, -0.2) is 16.9 Å². The molecule has 1 heterocycles. The Morgan fingerprint density at radius 3 is 2.67 bits per heavy atom. The zero-order valence-corrected chi connectivity index (χ0v) is 13.3. The molecule has 0 aliphatic rings. The van der Waals surface area contributed by atoms with Gasteiger partial charge >= 0.3 is 0 Å². The topological polar surface area (TPSA) is 62.3 Å². The summed E-state index contributed by atoms with van der Waals surface area (Å²) in [6.07, 6.45) is 0.895. The fraction of sp³-hybridized carbons (Fsp3) is 0.400. The molecule has 0 saturated heterocycles. The molecule has 0 spiro atoms. The van der Waals surface area contributed by atoms with Crippen LogP contribution < -0.4 is 15.2 Å². The Bertz CT molecular complexity index is 600. The van der Waals surface area contributed by atoms with Crippen molar-refractivity contribution in [3.63, 3.8) is 0 Å². The summed E-state index contributed by atoms with van der Waals surface area (Å²) in [7, 11) is 3.48. The maximum absolute atomic E-state index is 6.04. The average Bonchev–Trinajstić information content (AvgIpc) is 2.85. The molecule has 0 radical (unpaired) electrons. The predicted molar refractivity (Wildman–Crippen MR) is 82.8 cm³/mol. The average molecular weight is 310 g/mol. The quantitative estimate of drug-likeness (QED) is 0.891. The molecule has 6 heteroatoms. The van der Waals surface area contributed by atoms with Crippen molar-refractivity contribution in [2.45, 2.75) is 26.5 Å². The maximum atomic E-state index is 6.04. The minimum Gasteiger partial charge on any atom is -0.493 e. The maximum Gasteiger partial charge on any atom is 0.166 e. The molecule has 0 aliphatic carbocycles. The van der Waals surface area contributed by atoms with Crippen LogP contribution in [0, 0.1) is 0 Å². The summed E-state index contributed by atoms with van der Waals surface area (Å²) in [6, 6.07) is 5.54. The summed E-state index contributed by atoms with van der Waals surface area (Å²) in [5.74, 6) is 1.21. The number of methoxy groups -OCH3 is 1. The number of nitrogens with zero attached hydrogens (tertiary/aromatic N) is 2. The van der Waals surface area contributed by atoms with Crippen molar-refractivity contribution in [3.05, 3.63) is 40.2 Å². The minimum atomic E-state index is 0.331. The van der Waals surface area contributed by atoms with Gasteiger partial charge in [-0.25, -0.2) is 0 Å². The lowest BCUT2D eigenvalue weighted by atomic mass is 10.2. The molecule has 5 nitrogen and oxygen atoms in total. The molecule has 0 bridgehead atoms. The van der Waals surface area contributed by atoms with Crippen LogP contribution in [0.15, 0.2) is 18.2 Å². The number of ether oxygens (including phenoxy) is 2. The first-order chi connectivity index (χ1) is 10.1. The van der Waals surface area contributed by atoms with Gasteiger partial charge in [0.2, 0.25) is 0 Å². The van der Waals surface area contributed by atoms with Crippen LogP contribution >= 0.6 is 11.6 Å². The number of hydrogen-bond acceptors (Lipinski definition) is 4. The smallest absolute Gasteiger partial charge is 0.166 e. The lowest BCUT2D eigenvalue weighted by Crippen LogP contribution is -2.07. The van der Waals surface area contributed by atoms with Crippen LogP contribution in [-0.2, 0) is 26.6 Å². The molecule has 0 fully saturated rings. The first-order valence-electron chi connectivity index (χ1n) is 6.80. The van der Waals surface area contributed by atoms with Crippen LogP contribution in [0.2, 0.25) is 5.02 Å². The van der Waals surface area contributed by atoms with Gasteiger partial charge in [0.1, 0.15) is 6.61 Å². The van der Waals surface area contributed by atoms with Gasteiger partial charge in [-0.05, 0) is 18.6 Å².